The molecule has 0 aliphatic heterocycles. The van der Waals surface area contributed by atoms with E-state index >= 15 is 0 Å². The van der Waals surface area contributed by atoms with E-state index in [4.69, 9.17) is 14.0 Å². The van der Waals surface area contributed by atoms with Crippen molar-refractivity contribution in [3.8, 4) is 11.5 Å². The number of aryl methyl sites for hydroxylation is 3. The Bertz CT molecular complexity index is 1370. The standard InChI is InChI=1S/C27H28N4O4/c1-17-21-8-6-7-9-23(21)29-26(28-17)15-31(4)27(32)13-11-20-10-12-24(25(14-20)33-5)34-16-22-18(2)30-35-19(22)3/h6-14H,15-16H2,1-5H3/b13-11+. The predicted octanol–water partition coefficient (Wildman–Crippen LogP) is 4.80. The molecular weight excluding hydrogens is 444 g/mol. The summed E-state index contributed by atoms with van der Waals surface area (Å²) in [6.07, 6.45) is 3.26. The molecule has 0 spiro atoms. The summed E-state index contributed by atoms with van der Waals surface area (Å²) in [4.78, 5) is 23.4. The molecule has 0 aliphatic carbocycles. The second kappa shape index (κ2) is 10.4. The molecule has 0 radical (unpaired) electrons. The number of methoxy groups -OCH3 is 1. The van der Waals surface area contributed by atoms with Crippen LogP contribution in [0.4, 0.5) is 0 Å². The van der Waals surface area contributed by atoms with Crippen LogP contribution in [0.1, 0.15) is 34.1 Å². The van der Waals surface area contributed by atoms with Crippen LogP contribution in [0.2, 0.25) is 0 Å². The molecule has 0 aliphatic rings. The van der Waals surface area contributed by atoms with Crippen molar-refractivity contribution < 1.29 is 18.8 Å². The molecule has 2 aromatic heterocycles. The second-order valence-corrected chi connectivity index (χ2v) is 8.27. The lowest BCUT2D eigenvalue weighted by Crippen LogP contribution is -2.25. The minimum atomic E-state index is -0.155. The van der Waals surface area contributed by atoms with Crippen LogP contribution in [0, 0.1) is 20.8 Å². The van der Waals surface area contributed by atoms with E-state index in [1.54, 1.807) is 25.1 Å². The number of para-hydroxylation sites is 1. The summed E-state index contributed by atoms with van der Waals surface area (Å²) in [6.45, 7) is 6.32. The van der Waals surface area contributed by atoms with E-state index in [9.17, 15) is 4.79 Å². The number of likely N-dealkylation sites (N-methyl/N-ethyl adjacent to an activating group) is 1. The molecule has 0 saturated carbocycles. The van der Waals surface area contributed by atoms with E-state index in [2.05, 4.69) is 15.1 Å². The summed E-state index contributed by atoms with van der Waals surface area (Å²) < 4.78 is 16.6. The zero-order chi connectivity index (χ0) is 24.9. The van der Waals surface area contributed by atoms with Crippen molar-refractivity contribution in [2.45, 2.75) is 33.9 Å². The molecule has 0 atom stereocenters. The van der Waals surface area contributed by atoms with Gasteiger partial charge in [0.25, 0.3) is 0 Å². The van der Waals surface area contributed by atoms with Crippen molar-refractivity contribution >= 4 is 22.9 Å². The molecule has 2 heterocycles. The van der Waals surface area contributed by atoms with Gasteiger partial charge in [-0.3, -0.25) is 4.79 Å². The summed E-state index contributed by atoms with van der Waals surface area (Å²) in [5, 5.41) is 4.96. The summed E-state index contributed by atoms with van der Waals surface area (Å²) in [6, 6.07) is 13.4. The second-order valence-electron chi connectivity index (χ2n) is 8.27. The lowest BCUT2D eigenvalue weighted by molar-refractivity contribution is -0.125. The molecule has 0 N–H and O–H groups in total. The zero-order valence-corrected chi connectivity index (χ0v) is 20.5. The number of carbonyl (C=O) groups is 1. The minimum absolute atomic E-state index is 0.155. The van der Waals surface area contributed by atoms with E-state index in [1.807, 2.05) is 63.2 Å². The van der Waals surface area contributed by atoms with Gasteiger partial charge < -0.3 is 18.9 Å². The van der Waals surface area contributed by atoms with Gasteiger partial charge >= 0.3 is 0 Å². The van der Waals surface area contributed by atoms with Crippen LogP contribution in [-0.2, 0) is 17.9 Å². The van der Waals surface area contributed by atoms with E-state index in [0.29, 0.717) is 30.5 Å². The number of hydrogen-bond acceptors (Lipinski definition) is 7. The molecule has 8 heteroatoms. The van der Waals surface area contributed by atoms with Crippen LogP contribution in [0.3, 0.4) is 0 Å². The molecule has 0 fully saturated rings. The number of rotatable bonds is 8. The monoisotopic (exact) mass is 472 g/mol. The van der Waals surface area contributed by atoms with Gasteiger partial charge in [-0.2, -0.15) is 0 Å². The fourth-order valence-electron chi connectivity index (χ4n) is 3.72. The largest absolute Gasteiger partial charge is 0.493 e. The molecule has 4 aromatic rings. The van der Waals surface area contributed by atoms with E-state index in [-0.39, 0.29) is 5.91 Å². The van der Waals surface area contributed by atoms with Crippen LogP contribution in [-0.4, -0.2) is 40.1 Å². The number of benzene rings is 2. The molecule has 0 saturated heterocycles. The average Bonchev–Trinajstić information content (AvgIpc) is 3.18. The highest BCUT2D eigenvalue weighted by molar-refractivity contribution is 5.91. The molecule has 180 valence electrons. The van der Waals surface area contributed by atoms with Gasteiger partial charge in [-0.25, -0.2) is 9.97 Å². The Morgan fingerprint density at radius 1 is 1.06 bits per heavy atom. The average molecular weight is 473 g/mol. The predicted molar refractivity (Wildman–Crippen MR) is 133 cm³/mol. The number of amides is 1. The number of hydrogen-bond donors (Lipinski definition) is 0. The maximum atomic E-state index is 12.7. The molecule has 0 bridgehead atoms. The number of fused-ring (bicyclic) bond motifs is 1. The molecule has 1 amide bonds. The first kappa shape index (κ1) is 23.9. The van der Waals surface area contributed by atoms with Crippen molar-refractivity contribution in [1.82, 2.24) is 20.0 Å². The quantitative estimate of drug-likeness (QED) is 0.340. The van der Waals surface area contributed by atoms with Crippen molar-refractivity contribution in [1.29, 1.82) is 0 Å². The lowest BCUT2D eigenvalue weighted by Gasteiger charge is -2.15. The third-order valence-corrected chi connectivity index (χ3v) is 5.75. The summed E-state index contributed by atoms with van der Waals surface area (Å²) in [7, 11) is 3.31. The maximum absolute atomic E-state index is 12.7. The van der Waals surface area contributed by atoms with Crippen LogP contribution in [0.15, 0.2) is 53.1 Å². The molecule has 8 nitrogen and oxygen atoms in total. The Kier molecular flexibility index (Phi) is 7.10. The van der Waals surface area contributed by atoms with Crippen molar-refractivity contribution in [3.63, 3.8) is 0 Å². The number of carbonyl (C=O) groups excluding carboxylic acids is 1. The Hall–Kier alpha value is -4.20. The third-order valence-electron chi connectivity index (χ3n) is 5.75. The van der Waals surface area contributed by atoms with Gasteiger partial charge in [0.1, 0.15) is 18.2 Å². The summed E-state index contributed by atoms with van der Waals surface area (Å²) in [5.41, 5.74) is 4.29. The Balaban J connectivity index is 1.41. The van der Waals surface area contributed by atoms with Crippen LogP contribution >= 0.6 is 0 Å². The van der Waals surface area contributed by atoms with Crippen molar-refractivity contribution in [2.75, 3.05) is 14.2 Å². The summed E-state index contributed by atoms with van der Waals surface area (Å²) in [5.74, 6) is 2.34. The Labute approximate surface area is 204 Å². The molecular formula is C27H28N4O4. The Morgan fingerprint density at radius 2 is 1.86 bits per heavy atom. The van der Waals surface area contributed by atoms with Crippen LogP contribution < -0.4 is 9.47 Å². The van der Waals surface area contributed by atoms with E-state index < -0.39 is 0 Å². The van der Waals surface area contributed by atoms with Gasteiger partial charge in [0, 0.05) is 24.2 Å². The smallest absolute Gasteiger partial charge is 0.246 e. The number of nitrogens with zero attached hydrogens (tertiary/aromatic N) is 4. The lowest BCUT2D eigenvalue weighted by atomic mass is 10.1. The normalized spacial score (nSPS) is 11.2. The van der Waals surface area contributed by atoms with Gasteiger partial charge in [-0.05, 0) is 50.6 Å². The first-order valence-electron chi connectivity index (χ1n) is 11.2. The van der Waals surface area contributed by atoms with Gasteiger partial charge in [0.15, 0.2) is 11.5 Å². The molecule has 35 heavy (non-hydrogen) atoms. The van der Waals surface area contributed by atoms with Gasteiger partial charge in [0.2, 0.25) is 5.91 Å². The topological polar surface area (TPSA) is 90.6 Å². The first-order chi connectivity index (χ1) is 16.9. The fourth-order valence-corrected chi connectivity index (χ4v) is 3.72. The minimum Gasteiger partial charge on any atom is -0.493 e. The van der Waals surface area contributed by atoms with E-state index in [0.717, 1.165) is 39.2 Å². The molecule has 4 rings (SSSR count). The fraction of sp³-hybridized carbons (Fsp3) is 0.259. The SMILES string of the molecule is COc1cc(/C=C/C(=O)N(C)Cc2nc(C)c3ccccc3n2)ccc1OCc1c(C)noc1C. The van der Waals surface area contributed by atoms with E-state index in [1.165, 1.54) is 6.08 Å². The van der Waals surface area contributed by atoms with Gasteiger partial charge in [-0.1, -0.05) is 29.4 Å². The highest BCUT2D eigenvalue weighted by atomic mass is 16.5. The zero-order valence-electron chi connectivity index (χ0n) is 20.5. The molecule has 2 aromatic carbocycles. The first-order valence-corrected chi connectivity index (χ1v) is 11.2. The van der Waals surface area contributed by atoms with Crippen molar-refractivity contribution in [2.24, 2.45) is 0 Å². The molecule has 0 unspecified atom stereocenters. The number of ether oxygens (including phenoxy) is 2. The van der Waals surface area contributed by atoms with Crippen molar-refractivity contribution in [3.05, 3.63) is 82.6 Å². The maximum Gasteiger partial charge on any atom is 0.246 e. The highest BCUT2D eigenvalue weighted by Crippen LogP contribution is 2.30. The third kappa shape index (κ3) is 5.48. The highest BCUT2D eigenvalue weighted by Gasteiger charge is 2.13. The van der Waals surface area contributed by atoms with Crippen LogP contribution in [0.5, 0.6) is 11.5 Å². The van der Waals surface area contributed by atoms with Gasteiger partial charge in [0.05, 0.1) is 30.4 Å². The number of aromatic nitrogens is 3. The van der Waals surface area contributed by atoms with Gasteiger partial charge in [-0.15, -0.1) is 0 Å². The van der Waals surface area contributed by atoms with Crippen LogP contribution in [0.25, 0.3) is 17.0 Å². The Morgan fingerprint density at radius 3 is 2.60 bits per heavy atom. The summed E-state index contributed by atoms with van der Waals surface area (Å²) >= 11 is 0.